The zero-order valence-electron chi connectivity index (χ0n) is 14.2. The van der Waals surface area contributed by atoms with Gasteiger partial charge >= 0.3 is 0 Å². The Morgan fingerprint density at radius 3 is 2.29 bits per heavy atom. The molecule has 0 spiro atoms. The predicted octanol–water partition coefficient (Wildman–Crippen LogP) is 7.01. The summed E-state index contributed by atoms with van der Waals surface area (Å²) in [5, 5.41) is 3.96. The molecule has 1 heterocycles. The number of hydrogen-bond donors (Lipinski definition) is 0. The van der Waals surface area contributed by atoms with Gasteiger partial charge in [0.2, 0.25) is 0 Å². The van der Waals surface area contributed by atoms with Gasteiger partial charge in [0.15, 0.2) is 0 Å². The van der Waals surface area contributed by atoms with Crippen molar-refractivity contribution in [1.29, 1.82) is 0 Å². The fraction of sp³-hybridized carbons (Fsp3) is 0.217. The lowest BCUT2D eigenvalue weighted by Gasteiger charge is -2.05. The van der Waals surface area contributed by atoms with Crippen LogP contribution in [-0.2, 0) is 6.42 Å². The molecule has 122 valence electrons. The van der Waals surface area contributed by atoms with Gasteiger partial charge in [-0.25, -0.2) is 0 Å². The highest BCUT2D eigenvalue weighted by Gasteiger charge is 1.99. The Labute approximate surface area is 143 Å². The molecule has 0 unspecified atom stereocenters. The molecule has 0 atom stereocenters. The normalized spacial score (nSPS) is 10.5. The summed E-state index contributed by atoms with van der Waals surface area (Å²) < 4.78 is 5.12. The quantitative estimate of drug-likeness (QED) is 0.369. The van der Waals surface area contributed by atoms with Crippen molar-refractivity contribution in [3.63, 3.8) is 0 Å². The lowest BCUT2D eigenvalue weighted by molar-refractivity contribution is 0.616. The molecule has 0 aliphatic heterocycles. The van der Waals surface area contributed by atoms with Crippen molar-refractivity contribution in [2.45, 2.75) is 32.6 Å². The minimum absolute atomic E-state index is 0.956. The third-order valence-electron chi connectivity index (χ3n) is 4.29. The van der Waals surface area contributed by atoms with Gasteiger partial charge in [0.25, 0.3) is 0 Å². The third kappa shape index (κ3) is 4.05. The molecule has 4 rings (SSSR count). The zero-order valence-corrected chi connectivity index (χ0v) is 14.2. The summed E-state index contributed by atoms with van der Waals surface area (Å²) >= 11 is 0. The molecule has 0 aliphatic carbocycles. The van der Waals surface area contributed by atoms with E-state index in [1.54, 1.807) is 6.26 Å². The second-order valence-electron chi connectivity index (χ2n) is 6.05. The first-order valence-corrected chi connectivity index (χ1v) is 8.77. The summed E-state index contributed by atoms with van der Waals surface area (Å²) in [6, 6.07) is 25.2. The first-order valence-electron chi connectivity index (χ1n) is 8.77. The van der Waals surface area contributed by atoms with Crippen LogP contribution in [0.4, 0.5) is 0 Å². The zero-order chi connectivity index (χ0) is 16.6. The van der Waals surface area contributed by atoms with Crippen molar-refractivity contribution < 1.29 is 4.42 Å². The largest absolute Gasteiger partial charge is 0.464 e. The van der Waals surface area contributed by atoms with E-state index in [1.807, 2.05) is 30.3 Å². The maximum Gasteiger partial charge on any atom is 0.133 e. The first kappa shape index (κ1) is 16.3. The van der Waals surface area contributed by atoms with Gasteiger partial charge in [-0.3, -0.25) is 0 Å². The second kappa shape index (κ2) is 8.35. The van der Waals surface area contributed by atoms with Crippen LogP contribution in [0.1, 0.15) is 31.7 Å². The minimum atomic E-state index is 0.956. The molecular weight excluding hydrogens is 292 g/mol. The molecule has 0 saturated heterocycles. The lowest BCUT2D eigenvalue weighted by Crippen LogP contribution is -1.87. The van der Waals surface area contributed by atoms with Crippen LogP contribution in [0.25, 0.3) is 21.7 Å². The Morgan fingerprint density at radius 2 is 1.46 bits per heavy atom. The van der Waals surface area contributed by atoms with Crippen LogP contribution in [0, 0.1) is 0 Å². The van der Waals surface area contributed by atoms with Gasteiger partial charge in [-0.15, -0.1) is 0 Å². The van der Waals surface area contributed by atoms with Crippen LogP contribution in [0.3, 0.4) is 0 Å². The Hall–Kier alpha value is -2.54. The summed E-state index contributed by atoms with van der Waals surface area (Å²) in [4.78, 5) is 0. The molecule has 0 saturated carbocycles. The van der Waals surface area contributed by atoms with Crippen molar-refractivity contribution >= 4 is 21.7 Å². The third-order valence-corrected chi connectivity index (χ3v) is 4.29. The average Bonchev–Trinajstić information content (AvgIpc) is 3.11. The van der Waals surface area contributed by atoms with Crippen molar-refractivity contribution in [3.05, 3.63) is 84.6 Å². The number of para-hydroxylation sites is 1. The number of rotatable bonds is 4. The maximum absolute atomic E-state index is 5.12. The van der Waals surface area contributed by atoms with Crippen LogP contribution in [0.15, 0.2) is 83.5 Å². The van der Waals surface area contributed by atoms with Gasteiger partial charge in [-0.2, -0.15) is 0 Å². The van der Waals surface area contributed by atoms with E-state index in [-0.39, 0.29) is 0 Å². The van der Waals surface area contributed by atoms with Crippen molar-refractivity contribution in [1.82, 2.24) is 0 Å². The number of benzene rings is 3. The molecule has 1 heteroatoms. The monoisotopic (exact) mass is 316 g/mol. The molecule has 0 aliphatic rings. The van der Waals surface area contributed by atoms with Crippen LogP contribution in [-0.4, -0.2) is 0 Å². The van der Waals surface area contributed by atoms with E-state index >= 15 is 0 Å². The fourth-order valence-corrected chi connectivity index (χ4v) is 2.98. The van der Waals surface area contributed by atoms with E-state index in [2.05, 4.69) is 49.4 Å². The molecule has 1 nitrogen and oxygen atoms in total. The summed E-state index contributed by atoms with van der Waals surface area (Å²) in [5.41, 5.74) is 2.46. The highest BCUT2D eigenvalue weighted by atomic mass is 16.3. The second-order valence-corrected chi connectivity index (χ2v) is 6.05. The summed E-state index contributed by atoms with van der Waals surface area (Å²) in [6.07, 6.45) is 6.86. The molecule has 24 heavy (non-hydrogen) atoms. The highest BCUT2D eigenvalue weighted by Crippen LogP contribution is 2.20. The topological polar surface area (TPSA) is 13.1 Å². The lowest BCUT2D eigenvalue weighted by atomic mass is 10.00. The summed E-state index contributed by atoms with van der Waals surface area (Å²) in [6.45, 7) is 2.25. The highest BCUT2D eigenvalue weighted by molar-refractivity contribution is 5.85. The van der Waals surface area contributed by atoms with E-state index in [9.17, 15) is 0 Å². The first-order chi connectivity index (χ1) is 11.9. The van der Waals surface area contributed by atoms with Crippen LogP contribution in [0.5, 0.6) is 0 Å². The van der Waals surface area contributed by atoms with Crippen LogP contribution in [0.2, 0.25) is 0 Å². The van der Waals surface area contributed by atoms with Gasteiger partial charge in [-0.05, 0) is 41.3 Å². The Bertz CT molecular complexity index is 853. The average molecular weight is 316 g/mol. The minimum Gasteiger partial charge on any atom is -0.464 e. The number of unbranched alkanes of at least 4 members (excludes halogenated alkanes) is 2. The smallest absolute Gasteiger partial charge is 0.133 e. The number of fused-ring (bicyclic) bond motifs is 2. The van der Waals surface area contributed by atoms with Crippen molar-refractivity contribution in [2.75, 3.05) is 0 Å². The molecule has 0 N–H and O–H groups in total. The van der Waals surface area contributed by atoms with E-state index < -0.39 is 0 Å². The van der Waals surface area contributed by atoms with Gasteiger partial charge < -0.3 is 4.42 Å². The number of furan rings is 1. The number of hydrogen-bond acceptors (Lipinski definition) is 1. The number of aryl methyl sites for hydroxylation is 1. The molecule has 3 aromatic carbocycles. The maximum atomic E-state index is 5.12. The SMILES string of the molecule is CCCCCc1cccc2ccccc12.c1ccc2occc2c1. The Morgan fingerprint density at radius 1 is 0.708 bits per heavy atom. The van der Waals surface area contributed by atoms with E-state index in [1.165, 1.54) is 42.0 Å². The van der Waals surface area contributed by atoms with Gasteiger partial charge in [0.1, 0.15) is 5.58 Å². The van der Waals surface area contributed by atoms with Crippen LogP contribution < -0.4 is 0 Å². The van der Waals surface area contributed by atoms with Crippen molar-refractivity contribution in [2.24, 2.45) is 0 Å². The molecule has 0 bridgehead atoms. The van der Waals surface area contributed by atoms with E-state index in [0.29, 0.717) is 0 Å². The Balaban J connectivity index is 0.000000159. The van der Waals surface area contributed by atoms with Crippen molar-refractivity contribution in [3.8, 4) is 0 Å². The molecule has 0 radical (unpaired) electrons. The van der Waals surface area contributed by atoms with E-state index in [4.69, 9.17) is 4.42 Å². The molecule has 0 amide bonds. The Kier molecular flexibility index (Phi) is 5.68. The fourth-order valence-electron chi connectivity index (χ4n) is 2.98. The molecular formula is C23H24O. The van der Waals surface area contributed by atoms with Crippen LogP contribution >= 0.6 is 0 Å². The van der Waals surface area contributed by atoms with Gasteiger partial charge in [0.05, 0.1) is 6.26 Å². The van der Waals surface area contributed by atoms with Gasteiger partial charge in [0, 0.05) is 5.39 Å². The molecule has 0 fully saturated rings. The predicted molar refractivity (Wildman–Crippen MR) is 103 cm³/mol. The summed E-state index contributed by atoms with van der Waals surface area (Å²) in [7, 11) is 0. The van der Waals surface area contributed by atoms with Gasteiger partial charge in [-0.1, -0.05) is 80.4 Å². The molecule has 1 aromatic heterocycles. The summed E-state index contributed by atoms with van der Waals surface area (Å²) in [5.74, 6) is 0. The molecule has 4 aromatic rings. The standard InChI is InChI=1S/C15H18.C8H6O/c1-2-3-4-8-13-10-7-11-14-9-5-6-12-15(13)14;1-2-4-8-7(3-1)5-6-9-8/h5-7,9-12H,2-4,8H2,1H3;1-6H. The van der Waals surface area contributed by atoms with E-state index in [0.717, 1.165) is 11.0 Å².